The van der Waals surface area contributed by atoms with Gasteiger partial charge in [0.25, 0.3) is 5.56 Å². The fraction of sp³-hybridized carbons (Fsp3) is 0.364. The summed E-state index contributed by atoms with van der Waals surface area (Å²) >= 11 is 0. The lowest BCUT2D eigenvalue weighted by Crippen LogP contribution is -2.39. The highest BCUT2D eigenvalue weighted by Crippen LogP contribution is 2.09. The molecule has 0 unspecified atom stereocenters. The highest BCUT2D eigenvalue weighted by Gasteiger charge is 2.19. The summed E-state index contributed by atoms with van der Waals surface area (Å²) in [5, 5.41) is 9.70. The van der Waals surface area contributed by atoms with Crippen molar-refractivity contribution in [3.05, 3.63) is 38.7 Å². The van der Waals surface area contributed by atoms with Crippen molar-refractivity contribution in [3.63, 3.8) is 0 Å². The first-order valence-corrected chi connectivity index (χ1v) is 5.15. The highest BCUT2D eigenvalue weighted by atomic mass is 16.3. The summed E-state index contributed by atoms with van der Waals surface area (Å²) < 4.78 is 1.62. The zero-order valence-corrected chi connectivity index (χ0v) is 10.7. The normalized spacial score (nSPS) is 10.9. The molecule has 7 nitrogen and oxygen atoms in total. The van der Waals surface area contributed by atoms with Crippen molar-refractivity contribution < 1.29 is 9.90 Å². The lowest BCUT2D eigenvalue weighted by Gasteiger charge is -2.08. The molecule has 1 heterocycles. The fourth-order valence-electron chi connectivity index (χ4n) is 1.35. The van der Waals surface area contributed by atoms with E-state index in [-0.39, 0.29) is 0 Å². The lowest BCUT2D eigenvalue weighted by molar-refractivity contribution is 0.103. The Morgan fingerprint density at radius 3 is 2.28 bits per heavy atom. The van der Waals surface area contributed by atoms with Gasteiger partial charge in [0.2, 0.25) is 5.88 Å². The second-order valence-corrected chi connectivity index (χ2v) is 4.05. The van der Waals surface area contributed by atoms with Crippen LogP contribution in [0.3, 0.4) is 0 Å². The standard InChI is InChI=1S/C11H15N3O4/c1-12(2)6-5-7(15)8-9(16)13(3)11(18)14(4)10(8)17/h5-6,16H,1-4H3/b6-5+. The molecule has 0 saturated carbocycles. The van der Waals surface area contributed by atoms with Crippen LogP contribution in [0.15, 0.2) is 21.9 Å². The number of aromatic nitrogens is 2. The van der Waals surface area contributed by atoms with Crippen molar-refractivity contribution in [3.8, 4) is 5.88 Å². The van der Waals surface area contributed by atoms with Gasteiger partial charge < -0.3 is 10.0 Å². The number of aromatic hydroxyl groups is 1. The van der Waals surface area contributed by atoms with E-state index in [0.717, 1.165) is 15.2 Å². The van der Waals surface area contributed by atoms with Crippen molar-refractivity contribution in [1.29, 1.82) is 0 Å². The third-order valence-electron chi connectivity index (χ3n) is 2.40. The van der Waals surface area contributed by atoms with E-state index in [2.05, 4.69) is 0 Å². The number of carbonyl (C=O) groups is 1. The summed E-state index contributed by atoms with van der Waals surface area (Å²) in [6.07, 6.45) is 2.60. The minimum Gasteiger partial charge on any atom is -0.494 e. The Balaban J connectivity index is 3.48. The molecular formula is C11H15N3O4. The van der Waals surface area contributed by atoms with Gasteiger partial charge in [-0.1, -0.05) is 0 Å². The predicted molar refractivity (Wildman–Crippen MR) is 65.7 cm³/mol. The molecule has 0 radical (unpaired) electrons. The number of nitrogens with zero attached hydrogens (tertiary/aromatic N) is 3. The third kappa shape index (κ3) is 2.34. The topological polar surface area (TPSA) is 84.5 Å². The molecule has 7 heteroatoms. The van der Waals surface area contributed by atoms with Crippen LogP contribution < -0.4 is 11.2 Å². The van der Waals surface area contributed by atoms with E-state index >= 15 is 0 Å². The SMILES string of the molecule is CN(C)/C=C/C(=O)c1c(O)n(C)c(=O)n(C)c1=O. The Morgan fingerprint density at radius 2 is 1.78 bits per heavy atom. The Labute approximate surface area is 103 Å². The second-order valence-electron chi connectivity index (χ2n) is 4.05. The number of ketones is 1. The van der Waals surface area contributed by atoms with Gasteiger partial charge in [-0.15, -0.1) is 0 Å². The lowest BCUT2D eigenvalue weighted by atomic mass is 10.2. The number of hydrogen-bond acceptors (Lipinski definition) is 5. The molecule has 18 heavy (non-hydrogen) atoms. The zero-order chi connectivity index (χ0) is 14.0. The van der Waals surface area contributed by atoms with E-state index in [1.54, 1.807) is 19.0 Å². The van der Waals surface area contributed by atoms with Crippen molar-refractivity contribution in [1.82, 2.24) is 14.0 Å². The molecule has 1 N–H and O–H groups in total. The first-order valence-electron chi connectivity index (χ1n) is 5.15. The summed E-state index contributed by atoms with van der Waals surface area (Å²) in [5.41, 5.74) is -1.92. The number of allylic oxidation sites excluding steroid dienone is 1. The second kappa shape index (κ2) is 4.91. The molecule has 98 valence electrons. The summed E-state index contributed by atoms with van der Waals surface area (Å²) in [7, 11) is 5.95. The quantitative estimate of drug-likeness (QED) is 0.554. The molecule has 0 aliphatic carbocycles. The van der Waals surface area contributed by atoms with Crippen LogP contribution in [0.25, 0.3) is 0 Å². The van der Waals surface area contributed by atoms with Gasteiger partial charge in [-0.25, -0.2) is 4.79 Å². The average Bonchev–Trinajstić information content (AvgIpc) is 2.31. The maximum Gasteiger partial charge on any atom is 0.333 e. The minimum absolute atomic E-state index is 0.419. The van der Waals surface area contributed by atoms with E-state index in [1.165, 1.54) is 20.3 Å². The van der Waals surface area contributed by atoms with Crippen LogP contribution >= 0.6 is 0 Å². The number of rotatable bonds is 3. The molecular weight excluding hydrogens is 238 g/mol. The molecule has 0 aromatic carbocycles. The molecule has 1 rings (SSSR count). The number of hydrogen-bond donors (Lipinski definition) is 1. The Hall–Kier alpha value is -2.31. The van der Waals surface area contributed by atoms with Crippen LogP contribution in [0.2, 0.25) is 0 Å². The molecule has 1 aromatic rings. The van der Waals surface area contributed by atoms with E-state index in [4.69, 9.17) is 0 Å². The maximum absolute atomic E-state index is 11.8. The monoisotopic (exact) mass is 253 g/mol. The van der Waals surface area contributed by atoms with Crippen molar-refractivity contribution in [2.75, 3.05) is 14.1 Å². The van der Waals surface area contributed by atoms with E-state index in [1.807, 2.05) is 0 Å². The van der Waals surface area contributed by atoms with Crippen LogP contribution in [0.4, 0.5) is 0 Å². The third-order valence-corrected chi connectivity index (χ3v) is 2.40. The van der Waals surface area contributed by atoms with E-state index < -0.39 is 28.5 Å². The van der Waals surface area contributed by atoms with E-state index in [9.17, 15) is 19.5 Å². The Morgan fingerprint density at radius 1 is 1.22 bits per heavy atom. The van der Waals surface area contributed by atoms with Gasteiger partial charge >= 0.3 is 5.69 Å². The molecule has 0 spiro atoms. The smallest absolute Gasteiger partial charge is 0.333 e. The van der Waals surface area contributed by atoms with Crippen molar-refractivity contribution in [2.45, 2.75) is 0 Å². The molecule has 0 fully saturated rings. The predicted octanol–water partition coefficient (Wildman–Crippen LogP) is -0.952. The van der Waals surface area contributed by atoms with Gasteiger partial charge in [0.05, 0.1) is 0 Å². The summed E-state index contributed by atoms with van der Waals surface area (Å²) in [5.74, 6) is -1.28. The Bertz CT molecular complexity index is 622. The highest BCUT2D eigenvalue weighted by molar-refractivity contribution is 6.05. The van der Waals surface area contributed by atoms with Crippen molar-refractivity contribution in [2.24, 2.45) is 14.1 Å². The molecule has 0 aliphatic rings. The van der Waals surface area contributed by atoms with Crippen LogP contribution in [0.1, 0.15) is 10.4 Å². The maximum atomic E-state index is 11.8. The summed E-state index contributed by atoms with van der Waals surface area (Å²) in [6.45, 7) is 0. The minimum atomic E-state index is -0.816. The van der Waals surface area contributed by atoms with Gasteiger partial charge in [-0.05, 0) is 0 Å². The first-order chi connectivity index (χ1) is 8.27. The first kappa shape index (κ1) is 13.8. The van der Waals surface area contributed by atoms with Crippen LogP contribution in [0, 0.1) is 0 Å². The zero-order valence-electron chi connectivity index (χ0n) is 10.7. The van der Waals surface area contributed by atoms with Gasteiger partial charge in [0, 0.05) is 40.5 Å². The van der Waals surface area contributed by atoms with Gasteiger partial charge in [-0.3, -0.25) is 18.7 Å². The number of carbonyl (C=O) groups excluding carboxylic acids is 1. The van der Waals surface area contributed by atoms with Crippen molar-refractivity contribution >= 4 is 5.78 Å². The molecule has 1 aromatic heterocycles. The summed E-state index contributed by atoms with van der Waals surface area (Å²) in [4.78, 5) is 36.7. The molecule has 0 bridgehead atoms. The molecule has 0 aliphatic heterocycles. The Kier molecular flexibility index (Phi) is 3.75. The largest absolute Gasteiger partial charge is 0.494 e. The van der Waals surface area contributed by atoms with Gasteiger partial charge in [0.1, 0.15) is 5.56 Å². The summed E-state index contributed by atoms with van der Waals surface area (Å²) in [6, 6.07) is 0. The fourth-order valence-corrected chi connectivity index (χ4v) is 1.35. The average molecular weight is 253 g/mol. The van der Waals surface area contributed by atoms with Gasteiger partial charge in [0.15, 0.2) is 5.78 Å². The van der Waals surface area contributed by atoms with Gasteiger partial charge in [-0.2, -0.15) is 0 Å². The molecule has 0 saturated heterocycles. The molecule has 0 atom stereocenters. The molecule has 0 amide bonds. The van der Waals surface area contributed by atoms with Crippen LogP contribution in [-0.4, -0.2) is 39.0 Å². The van der Waals surface area contributed by atoms with E-state index in [0.29, 0.717) is 0 Å². The van der Waals surface area contributed by atoms with Crippen LogP contribution in [0.5, 0.6) is 5.88 Å². The van der Waals surface area contributed by atoms with Crippen LogP contribution in [-0.2, 0) is 14.1 Å².